The Kier molecular flexibility index (Phi) is 11.8. The molecule has 14 heteroatoms. The first-order valence-electron chi connectivity index (χ1n) is 13.5. The molecule has 2 aromatic rings. The van der Waals surface area contributed by atoms with E-state index in [1.165, 1.54) is 48.5 Å². The van der Waals surface area contributed by atoms with Crippen LogP contribution in [0.1, 0.15) is 75.1 Å². The fraction of sp³-hybridized carbons (Fsp3) is 0.400. The number of amides is 2. The Bertz CT molecular complexity index is 1330. The Balaban J connectivity index is 2.12. The molecule has 0 saturated heterocycles. The normalized spacial score (nSPS) is 13.0. The van der Waals surface area contributed by atoms with Gasteiger partial charge in [-0.2, -0.15) is 10.2 Å². The first kappa shape index (κ1) is 35.1. The van der Waals surface area contributed by atoms with E-state index < -0.39 is 71.8 Å². The number of carboxylic acids is 2. The summed E-state index contributed by atoms with van der Waals surface area (Å²) in [5, 5.41) is 31.6. The Morgan fingerprint density at radius 2 is 1.00 bits per heavy atom. The monoisotopic (exact) mass is 612 g/mol. The number of azo groups is 1. The topological polar surface area (TPSA) is 210 Å². The number of esters is 2. The Morgan fingerprint density at radius 3 is 1.30 bits per heavy atom. The van der Waals surface area contributed by atoms with Crippen molar-refractivity contribution >= 4 is 47.1 Å². The van der Waals surface area contributed by atoms with E-state index >= 15 is 0 Å². The van der Waals surface area contributed by atoms with Gasteiger partial charge in [0.2, 0.25) is 0 Å². The predicted octanol–water partition coefficient (Wildman–Crippen LogP) is 3.93. The number of rotatable bonds is 12. The zero-order valence-electron chi connectivity index (χ0n) is 25.2. The van der Waals surface area contributed by atoms with Crippen molar-refractivity contribution in [3.05, 3.63) is 59.7 Å². The Labute approximate surface area is 253 Å². The molecule has 0 radical (unpaired) electrons. The second-order valence-electron chi connectivity index (χ2n) is 11.6. The fourth-order valence-electron chi connectivity index (χ4n) is 3.52. The fourth-order valence-corrected chi connectivity index (χ4v) is 3.52. The number of hydrogen-bond donors (Lipinski definition) is 4. The SMILES string of the molecule is CC(C)(C)OC(=O)C[C@H](NC(=O)c1cccc(N=Nc2cccc(C(=O)N[C@@H](CC(=O)OC(C)(C)C)C(=O)O)c2)c1)C(=O)O. The zero-order chi connectivity index (χ0) is 33.2. The van der Waals surface area contributed by atoms with E-state index in [9.17, 15) is 39.0 Å². The van der Waals surface area contributed by atoms with Gasteiger partial charge in [0.1, 0.15) is 23.3 Å². The molecule has 0 fully saturated rings. The van der Waals surface area contributed by atoms with Crippen molar-refractivity contribution in [3.8, 4) is 0 Å². The highest BCUT2D eigenvalue weighted by Crippen LogP contribution is 2.21. The molecule has 2 atom stereocenters. The molecule has 2 rings (SSSR count). The summed E-state index contributed by atoms with van der Waals surface area (Å²) in [6, 6.07) is 8.51. The smallest absolute Gasteiger partial charge is 0.326 e. The second-order valence-corrected chi connectivity index (χ2v) is 11.6. The first-order valence-corrected chi connectivity index (χ1v) is 13.5. The maximum absolute atomic E-state index is 12.7. The molecule has 14 nitrogen and oxygen atoms in total. The quantitative estimate of drug-likeness (QED) is 0.200. The van der Waals surface area contributed by atoms with Crippen LogP contribution >= 0.6 is 0 Å². The summed E-state index contributed by atoms with van der Waals surface area (Å²) < 4.78 is 10.3. The summed E-state index contributed by atoms with van der Waals surface area (Å²) in [5.74, 6) is -5.94. The molecule has 0 spiro atoms. The van der Waals surface area contributed by atoms with E-state index in [4.69, 9.17) is 9.47 Å². The molecule has 0 saturated carbocycles. The van der Waals surface area contributed by atoms with Gasteiger partial charge in [0.15, 0.2) is 0 Å². The van der Waals surface area contributed by atoms with Crippen LogP contribution in [0.25, 0.3) is 0 Å². The minimum absolute atomic E-state index is 0.0507. The largest absolute Gasteiger partial charge is 0.480 e. The number of aliphatic carboxylic acids is 2. The molecule has 4 N–H and O–H groups in total. The first-order chi connectivity index (χ1) is 20.3. The highest BCUT2D eigenvalue weighted by atomic mass is 16.6. The van der Waals surface area contributed by atoms with Gasteiger partial charge in [-0.15, -0.1) is 0 Å². The lowest BCUT2D eigenvalue weighted by atomic mass is 10.1. The Hall–Kier alpha value is -5.14. The summed E-state index contributed by atoms with van der Waals surface area (Å²) in [5.41, 5.74) is -1.11. The summed E-state index contributed by atoms with van der Waals surface area (Å²) in [6.07, 6.45) is -1.15. The molecule has 0 unspecified atom stereocenters. The van der Waals surface area contributed by atoms with Gasteiger partial charge < -0.3 is 30.3 Å². The van der Waals surface area contributed by atoms with E-state index in [0.717, 1.165) is 0 Å². The van der Waals surface area contributed by atoms with Crippen LogP contribution in [0.3, 0.4) is 0 Å². The molecule has 0 aromatic heterocycles. The van der Waals surface area contributed by atoms with Crippen LogP contribution in [0.2, 0.25) is 0 Å². The molecular formula is C30H36N4O10. The molecule has 0 bridgehead atoms. The van der Waals surface area contributed by atoms with Crippen molar-refractivity contribution in [2.45, 2.75) is 77.7 Å². The highest BCUT2D eigenvalue weighted by molar-refractivity contribution is 5.99. The van der Waals surface area contributed by atoms with Crippen molar-refractivity contribution < 1.29 is 48.5 Å². The number of carbonyl (C=O) groups is 6. The average Bonchev–Trinajstić information content (AvgIpc) is 2.89. The number of nitrogens with one attached hydrogen (secondary N) is 2. The number of ether oxygens (including phenoxy) is 2. The van der Waals surface area contributed by atoms with Crippen LogP contribution in [0, 0.1) is 0 Å². The number of benzene rings is 2. The molecule has 2 aromatic carbocycles. The van der Waals surface area contributed by atoms with Crippen LogP contribution in [-0.2, 0) is 28.7 Å². The maximum atomic E-state index is 12.7. The van der Waals surface area contributed by atoms with Crippen LogP contribution in [-0.4, -0.2) is 69.2 Å². The van der Waals surface area contributed by atoms with Crippen molar-refractivity contribution in [1.82, 2.24) is 10.6 Å². The van der Waals surface area contributed by atoms with E-state index in [2.05, 4.69) is 20.9 Å². The van der Waals surface area contributed by atoms with Crippen LogP contribution < -0.4 is 10.6 Å². The third-order valence-corrected chi connectivity index (χ3v) is 5.29. The number of nitrogens with zero attached hydrogens (tertiary/aromatic N) is 2. The van der Waals surface area contributed by atoms with E-state index in [1.807, 2.05) is 0 Å². The van der Waals surface area contributed by atoms with Crippen molar-refractivity contribution in [2.75, 3.05) is 0 Å². The van der Waals surface area contributed by atoms with E-state index in [1.54, 1.807) is 41.5 Å². The number of carbonyl (C=O) groups excluding carboxylic acids is 4. The lowest BCUT2D eigenvalue weighted by molar-refractivity contribution is -0.158. The van der Waals surface area contributed by atoms with Crippen molar-refractivity contribution in [2.24, 2.45) is 10.2 Å². The minimum Gasteiger partial charge on any atom is -0.480 e. The number of hydrogen-bond acceptors (Lipinski definition) is 10. The van der Waals surface area contributed by atoms with Gasteiger partial charge in [-0.05, 0) is 77.9 Å². The molecule has 0 aliphatic carbocycles. The van der Waals surface area contributed by atoms with Crippen molar-refractivity contribution in [3.63, 3.8) is 0 Å². The van der Waals surface area contributed by atoms with Gasteiger partial charge >= 0.3 is 23.9 Å². The minimum atomic E-state index is -1.53. The lowest BCUT2D eigenvalue weighted by Gasteiger charge is -2.21. The van der Waals surface area contributed by atoms with Crippen LogP contribution in [0.15, 0.2) is 58.8 Å². The van der Waals surface area contributed by atoms with Crippen molar-refractivity contribution in [1.29, 1.82) is 0 Å². The summed E-state index contributed by atoms with van der Waals surface area (Å²) in [4.78, 5) is 72.8. The molecular weight excluding hydrogens is 576 g/mol. The van der Waals surface area contributed by atoms with Crippen LogP contribution in [0.5, 0.6) is 0 Å². The van der Waals surface area contributed by atoms with Gasteiger partial charge in [0.05, 0.1) is 24.2 Å². The third kappa shape index (κ3) is 12.4. The van der Waals surface area contributed by atoms with Gasteiger partial charge in [-0.1, -0.05) is 12.1 Å². The second kappa shape index (κ2) is 14.8. The zero-order valence-corrected chi connectivity index (χ0v) is 25.2. The predicted molar refractivity (Wildman–Crippen MR) is 156 cm³/mol. The van der Waals surface area contributed by atoms with Crippen LogP contribution in [0.4, 0.5) is 11.4 Å². The van der Waals surface area contributed by atoms with Gasteiger partial charge in [0, 0.05) is 11.1 Å². The van der Waals surface area contributed by atoms with E-state index in [-0.39, 0.29) is 22.5 Å². The molecule has 2 amide bonds. The van der Waals surface area contributed by atoms with Gasteiger partial charge in [-0.3, -0.25) is 19.2 Å². The number of carboxylic acid groups (broad SMARTS) is 2. The van der Waals surface area contributed by atoms with Gasteiger partial charge in [0.25, 0.3) is 11.8 Å². The Morgan fingerprint density at radius 1 is 0.659 bits per heavy atom. The van der Waals surface area contributed by atoms with E-state index in [0.29, 0.717) is 0 Å². The highest BCUT2D eigenvalue weighted by Gasteiger charge is 2.28. The third-order valence-electron chi connectivity index (χ3n) is 5.29. The average molecular weight is 613 g/mol. The maximum Gasteiger partial charge on any atom is 0.326 e. The molecule has 44 heavy (non-hydrogen) atoms. The lowest BCUT2D eigenvalue weighted by Crippen LogP contribution is -2.43. The molecule has 0 heterocycles. The molecule has 236 valence electrons. The summed E-state index contributed by atoms with van der Waals surface area (Å²) in [7, 11) is 0. The van der Waals surface area contributed by atoms with Gasteiger partial charge in [-0.25, -0.2) is 9.59 Å². The molecule has 0 aliphatic rings. The summed E-state index contributed by atoms with van der Waals surface area (Å²) in [6.45, 7) is 9.80. The standard InChI is InChI=1S/C30H36N4O10/c1-29(2,3)43-23(35)15-21(27(39)40)31-25(37)17-9-7-11-19(13-17)33-34-20-12-8-10-18(14-20)26(38)32-22(28(41)42)16-24(36)44-30(4,5)6/h7-14,21-22H,15-16H2,1-6H3,(H,31,37)(H,32,38)(H,39,40)(H,41,42)/t21-,22-/m0/s1. The molecule has 0 aliphatic heterocycles. The summed E-state index contributed by atoms with van der Waals surface area (Å²) >= 11 is 0.